The molecule has 2 aliphatic rings. The van der Waals surface area contributed by atoms with Gasteiger partial charge in [0, 0.05) is 38.2 Å². The van der Waals surface area contributed by atoms with Crippen LogP contribution >= 0.6 is 0 Å². The standard InChI is InChI=1S/C29H30F2N4O/c1-20-11-12-22(21(2)17-20)28-18-26(23-7-3-4-8-24(23)30)32-35(28)29(36)19-33-13-15-34(16-14-33)27-10-6-5-9-25(27)31/h3-12,17,28H,13-16,18-19H2,1-2H3/t28-/m1/s1. The van der Waals surface area contributed by atoms with Crippen molar-refractivity contribution in [2.24, 2.45) is 5.10 Å². The SMILES string of the molecule is Cc1ccc([C@H]2CC(c3ccccc3F)=NN2C(=O)CN2CCN(c3ccccc3F)CC2)c(C)c1. The van der Waals surface area contributed by atoms with E-state index in [2.05, 4.69) is 16.1 Å². The number of hydrazone groups is 1. The van der Waals surface area contributed by atoms with E-state index < -0.39 is 0 Å². The Balaban J connectivity index is 1.34. The lowest BCUT2D eigenvalue weighted by Gasteiger charge is -2.36. The summed E-state index contributed by atoms with van der Waals surface area (Å²) >= 11 is 0. The summed E-state index contributed by atoms with van der Waals surface area (Å²) in [7, 11) is 0. The number of piperazine rings is 1. The molecule has 1 fully saturated rings. The molecule has 0 spiro atoms. The van der Waals surface area contributed by atoms with E-state index in [0.717, 1.165) is 16.7 Å². The molecule has 0 aliphatic carbocycles. The highest BCUT2D eigenvalue weighted by Crippen LogP contribution is 2.35. The minimum absolute atomic E-state index is 0.120. The monoisotopic (exact) mass is 488 g/mol. The van der Waals surface area contributed by atoms with Crippen LogP contribution in [0.5, 0.6) is 0 Å². The highest BCUT2D eigenvalue weighted by Gasteiger charge is 2.35. The summed E-state index contributed by atoms with van der Waals surface area (Å²) in [6, 6.07) is 19.2. The molecule has 0 bridgehead atoms. The van der Waals surface area contributed by atoms with Gasteiger partial charge in [-0.15, -0.1) is 0 Å². The van der Waals surface area contributed by atoms with Crippen molar-refractivity contribution in [1.82, 2.24) is 9.91 Å². The van der Waals surface area contributed by atoms with Crippen molar-refractivity contribution in [3.63, 3.8) is 0 Å². The Hall–Kier alpha value is -3.58. The summed E-state index contributed by atoms with van der Waals surface area (Å²) in [5.41, 5.74) is 4.86. The number of hydrogen-bond donors (Lipinski definition) is 0. The van der Waals surface area contributed by atoms with Crippen LogP contribution < -0.4 is 4.90 Å². The first-order valence-corrected chi connectivity index (χ1v) is 12.3. The number of anilines is 1. The molecular weight excluding hydrogens is 458 g/mol. The summed E-state index contributed by atoms with van der Waals surface area (Å²) in [5.74, 6) is -0.690. The van der Waals surface area contributed by atoms with Crippen molar-refractivity contribution >= 4 is 17.3 Å². The fourth-order valence-electron chi connectivity index (χ4n) is 5.16. The number of benzene rings is 3. The first-order chi connectivity index (χ1) is 17.4. The van der Waals surface area contributed by atoms with E-state index in [1.807, 2.05) is 36.9 Å². The third-order valence-corrected chi connectivity index (χ3v) is 7.06. The van der Waals surface area contributed by atoms with Gasteiger partial charge in [-0.1, -0.05) is 54.1 Å². The molecule has 0 radical (unpaired) electrons. The average Bonchev–Trinajstić information content (AvgIpc) is 3.30. The number of halogens is 2. The van der Waals surface area contributed by atoms with E-state index >= 15 is 0 Å². The van der Waals surface area contributed by atoms with Gasteiger partial charge in [-0.3, -0.25) is 9.69 Å². The van der Waals surface area contributed by atoms with Crippen LogP contribution in [-0.2, 0) is 4.79 Å². The molecule has 3 aromatic rings. The second-order valence-corrected chi connectivity index (χ2v) is 9.56. The molecule has 1 amide bonds. The summed E-state index contributed by atoms with van der Waals surface area (Å²) in [6.07, 6.45) is 0.456. The smallest absolute Gasteiger partial charge is 0.257 e. The van der Waals surface area contributed by atoms with Crippen LogP contribution in [0.3, 0.4) is 0 Å². The minimum atomic E-state index is -0.339. The lowest BCUT2D eigenvalue weighted by Crippen LogP contribution is -2.49. The molecule has 0 N–H and O–H groups in total. The maximum atomic E-state index is 14.6. The van der Waals surface area contributed by atoms with Crippen LogP contribution in [0.4, 0.5) is 14.5 Å². The molecule has 186 valence electrons. The average molecular weight is 489 g/mol. The zero-order valence-electron chi connectivity index (χ0n) is 20.6. The molecule has 7 heteroatoms. The Labute approximate surface area is 210 Å². The number of para-hydroxylation sites is 1. The van der Waals surface area contributed by atoms with Crippen LogP contribution in [0.1, 0.15) is 34.7 Å². The molecule has 0 aromatic heterocycles. The summed E-state index contributed by atoms with van der Waals surface area (Å²) in [5, 5.41) is 6.20. The van der Waals surface area contributed by atoms with Crippen molar-refractivity contribution in [2.75, 3.05) is 37.6 Å². The molecule has 5 nitrogen and oxygen atoms in total. The van der Waals surface area contributed by atoms with E-state index in [9.17, 15) is 13.6 Å². The van der Waals surface area contributed by atoms with Gasteiger partial charge in [-0.05, 0) is 43.2 Å². The van der Waals surface area contributed by atoms with Gasteiger partial charge >= 0.3 is 0 Å². The molecule has 1 atom stereocenters. The van der Waals surface area contributed by atoms with Crippen LogP contribution in [0.2, 0.25) is 0 Å². The first kappa shape index (κ1) is 24.1. The van der Waals surface area contributed by atoms with E-state index in [4.69, 9.17) is 0 Å². The van der Waals surface area contributed by atoms with E-state index in [0.29, 0.717) is 49.6 Å². The van der Waals surface area contributed by atoms with Gasteiger partial charge in [0.15, 0.2) is 0 Å². The highest BCUT2D eigenvalue weighted by molar-refractivity contribution is 6.03. The van der Waals surface area contributed by atoms with Gasteiger partial charge in [0.25, 0.3) is 5.91 Å². The minimum Gasteiger partial charge on any atom is -0.367 e. The number of hydrogen-bond acceptors (Lipinski definition) is 4. The summed E-state index contributed by atoms with van der Waals surface area (Å²) < 4.78 is 28.8. The fourth-order valence-corrected chi connectivity index (χ4v) is 5.16. The van der Waals surface area contributed by atoms with Gasteiger partial charge in [-0.2, -0.15) is 5.10 Å². The lowest BCUT2D eigenvalue weighted by molar-refractivity contribution is -0.134. The number of amides is 1. The largest absolute Gasteiger partial charge is 0.367 e. The molecule has 5 rings (SSSR count). The van der Waals surface area contributed by atoms with Gasteiger partial charge < -0.3 is 4.90 Å². The number of aryl methyl sites for hydroxylation is 2. The Morgan fingerprint density at radius 2 is 1.61 bits per heavy atom. The van der Waals surface area contributed by atoms with Crippen molar-refractivity contribution in [3.05, 3.63) is 101 Å². The molecule has 0 saturated carbocycles. The summed E-state index contributed by atoms with van der Waals surface area (Å²) in [4.78, 5) is 17.6. The van der Waals surface area contributed by atoms with Gasteiger partial charge in [0.1, 0.15) is 11.6 Å². The van der Waals surface area contributed by atoms with Gasteiger partial charge in [-0.25, -0.2) is 13.8 Å². The summed E-state index contributed by atoms with van der Waals surface area (Å²) in [6.45, 7) is 6.85. The van der Waals surface area contributed by atoms with Crippen molar-refractivity contribution in [3.8, 4) is 0 Å². The maximum absolute atomic E-state index is 14.6. The first-order valence-electron chi connectivity index (χ1n) is 12.3. The molecule has 3 aromatic carbocycles. The molecule has 2 heterocycles. The van der Waals surface area contributed by atoms with Gasteiger partial charge in [0.2, 0.25) is 0 Å². The van der Waals surface area contributed by atoms with E-state index in [1.54, 1.807) is 35.3 Å². The van der Waals surface area contributed by atoms with Crippen molar-refractivity contribution in [2.45, 2.75) is 26.3 Å². The third kappa shape index (κ3) is 4.88. The zero-order chi connectivity index (χ0) is 25.2. The van der Waals surface area contributed by atoms with E-state index in [-0.39, 0.29) is 30.1 Å². The highest BCUT2D eigenvalue weighted by atomic mass is 19.1. The number of nitrogens with zero attached hydrogens (tertiary/aromatic N) is 4. The molecule has 1 saturated heterocycles. The maximum Gasteiger partial charge on any atom is 0.257 e. The third-order valence-electron chi connectivity index (χ3n) is 7.06. The Bertz CT molecular complexity index is 1300. The predicted molar refractivity (Wildman–Crippen MR) is 138 cm³/mol. The van der Waals surface area contributed by atoms with Crippen LogP contribution in [0, 0.1) is 25.5 Å². The van der Waals surface area contributed by atoms with Crippen LogP contribution in [-0.4, -0.2) is 54.3 Å². The molecule has 2 aliphatic heterocycles. The topological polar surface area (TPSA) is 39.2 Å². The second-order valence-electron chi connectivity index (χ2n) is 9.56. The Morgan fingerprint density at radius 3 is 2.31 bits per heavy atom. The second kappa shape index (κ2) is 10.2. The molecular formula is C29H30F2N4O. The van der Waals surface area contributed by atoms with Crippen LogP contribution in [0.15, 0.2) is 71.8 Å². The van der Waals surface area contributed by atoms with Crippen molar-refractivity contribution < 1.29 is 13.6 Å². The van der Waals surface area contributed by atoms with E-state index in [1.165, 1.54) is 12.1 Å². The Kier molecular flexibility index (Phi) is 6.83. The number of rotatable bonds is 5. The zero-order valence-corrected chi connectivity index (χ0v) is 20.6. The Morgan fingerprint density at radius 1 is 0.917 bits per heavy atom. The predicted octanol–water partition coefficient (Wildman–Crippen LogP) is 5.08. The molecule has 0 unspecified atom stereocenters. The number of carbonyl (C=O) groups is 1. The number of carbonyl (C=O) groups excluding carboxylic acids is 1. The quantitative estimate of drug-likeness (QED) is 0.503. The van der Waals surface area contributed by atoms with Crippen molar-refractivity contribution in [1.29, 1.82) is 0 Å². The van der Waals surface area contributed by atoms with Crippen LogP contribution in [0.25, 0.3) is 0 Å². The molecule has 36 heavy (non-hydrogen) atoms. The fraction of sp³-hybridized carbons (Fsp3) is 0.310. The van der Waals surface area contributed by atoms with Gasteiger partial charge in [0.05, 0.1) is 24.0 Å². The normalized spacial score (nSPS) is 18.4. The lowest BCUT2D eigenvalue weighted by atomic mass is 9.94.